The van der Waals surface area contributed by atoms with Gasteiger partial charge in [-0.1, -0.05) is 42.0 Å². The van der Waals surface area contributed by atoms with E-state index >= 15 is 0 Å². The zero-order valence-electron chi connectivity index (χ0n) is 15.0. The summed E-state index contributed by atoms with van der Waals surface area (Å²) in [5.41, 5.74) is 4.72. The average Bonchev–Trinajstić information content (AvgIpc) is 3.19. The molecule has 27 heavy (non-hydrogen) atoms. The third kappa shape index (κ3) is 3.19. The van der Waals surface area contributed by atoms with E-state index in [4.69, 9.17) is 9.72 Å². The molecule has 0 unspecified atom stereocenters. The summed E-state index contributed by atoms with van der Waals surface area (Å²) in [4.78, 5) is 17.6. The number of aryl methyl sites for hydroxylation is 1. The topological polar surface area (TPSA) is 63.8 Å². The van der Waals surface area contributed by atoms with Crippen molar-refractivity contribution in [1.82, 2.24) is 9.38 Å². The molecule has 2 heterocycles. The van der Waals surface area contributed by atoms with Gasteiger partial charge in [0.05, 0.1) is 24.9 Å². The molecule has 6 heteroatoms. The third-order valence-corrected chi connectivity index (χ3v) is 5.47. The largest absolute Gasteiger partial charge is 0.496 e. The number of carboxylic acids is 1. The molecule has 0 amide bonds. The highest BCUT2D eigenvalue weighted by Gasteiger charge is 2.20. The van der Waals surface area contributed by atoms with Crippen LogP contribution in [0.3, 0.4) is 0 Å². The van der Waals surface area contributed by atoms with Gasteiger partial charge < -0.3 is 9.84 Å². The molecule has 0 fully saturated rings. The number of rotatable bonds is 5. The third-order valence-electron chi connectivity index (χ3n) is 4.41. The van der Waals surface area contributed by atoms with Crippen molar-refractivity contribution in [3.63, 3.8) is 0 Å². The Kier molecular flexibility index (Phi) is 4.41. The molecule has 2 aromatic carbocycles. The van der Waals surface area contributed by atoms with Crippen molar-refractivity contribution in [2.75, 3.05) is 7.11 Å². The molecule has 4 rings (SSSR count). The van der Waals surface area contributed by atoms with Gasteiger partial charge in [-0.3, -0.25) is 9.20 Å². The normalized spacial score (nSPS) is 11.0. The van der Waals surface area contributed by atoms with Gasteiger partial charge in [0.1, 0.15) is 5.75 Å². The molecule has 0 bridgehead atoms. The number of nitrogens with zero attached hydrogens (tertiary/aromatic N) is 2. The number of thiazole rings is 1. The minimum absolute atomic E-state index is 0.0266. The SMILES string of the molecule is COc1ccccc1-c1cn2c(-c3ccc(C)cc3)c(CC(=O)O)sc2n1. The summed E-state index contributed by atoms with van der Waals surface area (Å²) in [6.45, 7) is 2.03. The van der Waals surface area contributed by atoms with E-state index in [9.17, 15) is 9.90 Å². The first-order valence-corrected chi connectivity index (χ1v) is 9.31. The Hall–Kier alpha value is -3.12. The zero-order chi connectivity index (χ0) is 19.0. The molecule has 4 aromatic rings. The van der Waals surface area contributed by atoms with E-state index < -0.39 is 5.97 Å². The number of carbonyl (C=O) groups is 1. The number of benzene rings is 2. The molecule has 1 N–H and O–H groups in total. The van der Waals surface area contributed by atoms with Crippen molar-refractivity contribution in [3.8, 4) is 28.3 Å². The van der Waals surface area contributed by atoms with E-state index in [0.717, 1.165) is 43.7 Å². The van der Waals surface area contributed by atoms with Gasteiger partial charge in [-0.05, 0) is 24.6 Å². The second kappa shape index (κ2) is 6.89. The lowest BCUT2D eigenvalue weighted by Gasteiger charge is -2.06. The van der Waals surface area contributed by atoms with Crippen LogP contribution in [0.4, 0.5) is 0 Å². The van der Waals surface area contributed by atoms with Gasteiger partial charge in [-0.15, -0.1) is 11.3 Å². The molecule has 5 nitrogen and oxygen atoms in total. The van der Waals surface area contributed by atoms with E-state index in [-0.39, 0.29) is 6.42 Å². The molecule has 0 aliphatic rings. The van der Waals surface area contributed by atoms with E-state index in [1.165, 1.54) is 11.3 Å². The summed E-state index contributed by atoms with van der Waals surface area (Å²) >= 11 is 1.41. The van der Waals surface area contributed by atoms with Gasteiger partial charge in [-0.25, -0.2) is 4.98 Å². The highest BCUT2D eigenvalue weighted by molar-refractivity contribution is 7.17. The Labute approximate surface area is 160 Å². The van der Waals surface area contributed by atoms with Crippen LogP contribution < -0.4 is 4.74 Å². The molecular weight excluding hydrogens is 360 g/mol. The van der Waals surface area contributed by atoms with Gasteiger partial charge in [0.25, 0.3) is 0 Å². The standard InChI is InChI=1S/C21H18N2O3S/c1-13-7-9-14(10-8-13)20-18(11-19(24)25)27-21-22-16(12-23(20)21)15-5-3-4-6-17(15)26-2/h3-10,12H,11H2,1-2H3,(H,24,25). The summed E-state index contributed by atoms with van der Waals surface area (Å²) in [6.07, 6.45) is 1.92. The first-order valence-electron chi connectivity index (χ1n) is 8.50. The van der Waals surface area contributed by atoms with Crippen LogP contribution in [-0.4, -0.2) is 27.6 Å². The van der Waals surface area contributed by atoms with E-state index in [0.29, 0.717) is 0 Å². The maximum Gasteiger partial charge on any atom is 0.308 e. The molecule has 0 aliphatic carbocycles. The number of carboxylic acid groups (broad SMARTS) is 1. The average molecular weight is 378 g/mol. The number of para-hydroxylation sites is 1. The quantitative estimate of drug-likeness (QED) is 0.548. The number of methoxy groups -OCH3 is 1. The lowest BCUT2D eigenvalue weighted by Crippen LogP contribution is -2.00. The van der Waals surface area contributed by atoms with E-state index in [1.54, 1.807) is 7.11 Å². The summed E-state index contributed by atoms with van der Waals surface area (Å²) in [6, 6.07) is 15.8. The summed E-state index contributed by atoms with van der Waals surface area (Å²) < 4.78 is 7.43. The lowest BCUT2D eigenvalue weighted by molar-refractivity contribution is -0.136. The Bertz CT molecular complexity index is 1130. The van der Waals surface area contributed by atoms with Crippen molar-refractivity contribution >= 4 is 22.3 Å². The Morgan fingerprint density at radius 1 is 1.19 bits per heavy atom. The van der Waals surface area contributed by atoms with Crippen molar-refractivity contribution in [2.45, 2.75) is 13.3 Å². The van der Waals surface area contributed by atoms with Gasteiger partial charge in [0.2, 0.25) is 0 Å². The van der Waals surface area contributed by atoms with Gasteiger partial charge in [-0.2, -0.15) is 0 Å². The van der Waals surface area contributed by atoms with Crippen LogP contribution in [0.25, 0.3) is 27.5 Å². The summed E-state index contributed by atoms with van der Waals surface area (Å²) in [5, 5.41) is 9.31. The number of hydrogen-bond acceptors (Lipinski definition) is 4. The van der Waals surface area contributed by atoms with E-state index in [2.05, 4.69) is 0 Å². The first kappa shape index (κ1) is 17.3. The Morgan fingerprint density at radius 3 is 2.63 bits per heavy atom. The number of aromatic nitrogens is 2. The summed E-state index contributed by atoms with van der Waals surface area (Å²) in [7, 11) is 1.64. The monoisotopic (exact) mass is 378 g/mol. The number of fused-ring (bicyclic) bond motifs is 1. The van der Waals surface area contributed by atoms with Crippen LogP contribution in [0.2, 0.25) is 0 Å². The summed E-state index contributed by atoms with van der Waals surface area (Å²) in [5.74, 6) is -0.0938. The number of aliphatic carboxylic acids is 1. The van der Waals surface area contributed by atoms with Crippen LogP contribution in [0, 0.1) is 6.92 Å². The first-order chi connectivity index (χ1) is 13.1. The molecule has 0 atom stereocenters. The molecule has 0 saturated carbocycles. The second-order valence-corrected chi connectivity index (χ2v) is 7.35. The predicted molar refractivity (Wildman–Crippen MR) is 107 cm³/mol. The number of ether oxygens (including phenoxy) is 1. The highest BCUT2D eigenvalue weighted by Crippen LogP contribution is 2.36. The van der Waals surface area contributed by atoms with E-state index in [1.807, 2.05) is 66.1 Å². The van der Waals surface area contributed by atoms with Gasteiger partial charge in [0, 0.05) is 16.6 Å². The predicted octanol–water partition coefficient (Wildman–Crippen LogP) is 4.67. The maximum atomic E-state index is 11.3. The fourth-order valence-electron chi connectivity index (χ4n) is 3.14. The smallest absolute Gasteiger partial charge is 0.308 e. The number of hydrogen-bond donors (Lipinski definition) is 1. The van der Waals surface area contributed by atoms with Gasteiger partial charge in [0.15, 0.2) is 4.96 Å². The molecule has 0 aliphatic heterocycles. The van der Waals surface area contributed by atoms with Crippen molar-refractivity contribution in [2.24, 2.45) is 0 Å². The minimum Gasteiger partial charge on any atom is -0.496 e. The van der Waals surface area contributed by atoms with Crippen LogP contribution in [0.15, 0.2) is 54.7 Å². The molecular formula is C21H18N2O3S. The fraction of sp³-hybridized carbons (Fsp3) is 0.143. The molecule has 136 valence electrons. The maximum absolute atomic E-state index is 11.3. The number of imidazole rings is 1. The Morgan fingerprint density at radius 2 is 1.93 bits per heavy atom. The highest BCUT2D eigenvalue weighted by atomic mass is 32.1. The minimum atomic E-state index is -0.849. The molecule has 2 aromatic heterocycles. The van der Waals surface area contributed by atoms with Crippen molar-refractivity contribution < 1.29 is 14.6 Å². The van der Waals surface area contributed by atoms with Gasteiger partial charge >= 0.3 is 5.97 Å². The lowest BCUT2D eigenvalue weighted by atomic mass is 10.1. The second-order valence-electron chi connectivity index (χ2n) is 6.29. The Balaban J connectivity index is 1.91. The fourth-order valence-corrected chi connectivity index (χ4v) is 4.26. The van der Waals surface area contributed by atoms with Crippen LogP contribution >= 0.6 is 11.3 Å². The molecule has 0 saturated heterocycles. The van der Waals surface area contributed by atoms with Crippen LogP contribution in [0.1, 0.15) is 10.4 Å². The van der Waals surface area contributed by atoms with Crippen molar-refractivity contribution in [3.05, 3.63) is 65.2 Å². The van der Waals surface area contributed by atoms with Crippen molar-refractivity contribution in [1.29, 1.82) is 0 Å². The molecule has 0 radical (unpaired) electrons. The zero-order valence-corrected chi connectivity index (χ0v) is 15.8. The molecule has 0 spiro atoms. The van der Waals surface area contributed by atoms with Crippen LogP contribution in [0.5, 0.6) is 5.75 Å². The van der Waals surface area contributed by atoms with Crippen LogP contribution in [-0.2, 0) is 11.2 Å².